The Labute approximate surface area is 183 Å². The molecule has 7 heteroatoms. The number of benzene rings is 2. The van der Waals surface area contributed by atoms with Crippen molar-refractivity contribution >= 4 is 28.1 Å². The van der Waals surface area contributed by atoms with Gasteiger partial charge in [0.1, 0.15) is 0 Å². The fourth-order valence-electron chi connectivity index (χ4n) is 3.64. The lowest BCUT2D eigenvalue weighted by molar-refractivity contribution is 0.650. The number of hydrogen-bond acceptors (Lipinski definition) is 4. The van der Waals surface area contributed by atoms with E-state index in [0.29, 0.717) is 33.1 Å². The molecule has 1 atom stereocenters. The van der Waals surface area contributed by atoms with Crippen molar-refractivity contribution in [1.82, 2.24) is 20.1 Å². The summed E-state index contributed by atoms with van der Waals surface area (Å²) in [5.41, 5.74) is 2.42. The summed E-state index contributed by atoms with van der Waals surface area (Å²) in [4.78, 5) is 25.7. The average molecular weight is 433 g/mol. The summed E-state index contributed by atoms with van der Waals surface area (Å²) in [6.45, 7) is 7.73. The molecule has 0 saturated heterocycles. The van der Waals surface area contributed by atoms with Gasteiger partial charge in [0.25, 0.3) is 11.1 Å². The minimum Gasteiger partial charge on any atom is -0.377 e. The van der Waals surface area contributed by atoms with Gasteiger partial charge in [-0.15, -0.1) is 0 Å². The number of fused-ring (bicyclic) bond motifs is 1. The van der Waals surface area contributed by atoms with Crippen molar-refractivity contribution in [3.05, 3.63) is 110 Å². The standard InChI is InChI=1S/C24H21ClN4O2/c1-14-12-19(23(30)28-27-14)15(2)26-16(3)21-13-17-8-7-11-20(25)22(17)24(31)29(21)18-9-5-4-6-10-18/h4-13,16,26H,2H2,1,3H3,(H,28,30)/t16-/m0/s1. The number of hydrogen-bond donors (Lipinski definition) is 2. The third kappa shape index (κ3) is 3.90. The van der Waals surface area contributed by atoms with E-state index in [2.05, 4.69) is 22.1 Å². The molecule has 2 aromatic heterocycles. The number of nitrogens with one attached hydrogen (secondary N) is 2. The van der Waals surface area contributed by atoms with Crippen molar-refractivity contribution in [2.45, 2.75) is 19.9 Å². The van der Waals surface area contributed by atoms with Crippen molar-refractivity contribution in [1.29, 1.82) is 0 Å². The van der Waals surface area contributed by atoms with Crippen LogP contribution in [-0.4, -0.2) is 14.8 Å². The van der Waals surface area contributed by atoms with E-state index in [-0.39, 0.29) is 17.2 Å². The zero-order chi connectivity index (χ0) is 22.1. The van der Waals surface area contributed by atoms with Crippen molar-refractivity contribution < 1.29 is 0 Å². The minimum absolute atomic E-state index is 0.207. The number of rotatable bonds is 5. The van der Waals surface area contributed by atoms with Gasteiger partial charge in [-0.1, -0.05) is 48.5 Å². The van der Waals surface area contributed by atoms with Crippen molar-refractivity contribution in [2.24, 2.45) is 0 Å². The fourth-order valence-corrected chi connectivity index (χ4v) is 3.91. The summed E-state index contributed by atoms with van der Waals surface area (Å²) in [6, 6.07) is 18.0. The molecule has 0 amide bonds. The van der Waals surface area contributed by atoms with E-state index < -0.39 is 0 Å². The van der Waals surface area contributed by atoms with Crippen LogP contribution in [0, 0.1) is 6.92 Å². The summed E-state index contributed by atoms with van der Waals surface area (Å²) >= 11 is 6.36. The van der Waals surface area contributed by atoms with Crippen LogP contribution in [0.1, 0.15) is 29.9 Å². The molecule has 31 heavy (non-hydrogen) atoms. The number of para-hydroxylation sites is 1. The van der Waals surface area contributed by atoms with Crippen LogP contribution in [-0.2, 0) is 0 Å². The summed E-state index contributed by atoms with van der Waals surface area (Å²) in [5, 5.41) is 11.2. The third-order valence-electron chi connectivity index (χ3n) is 5.13. The highest BCUT2D eigenvalue weighted by molar-refractivity contribution is 6.35. The fraction of sp³-hybridized carbons (Fsp3) is 0.125. The summed E-state index contributed by atoms with van der Waals surface area (Å²) in [6.07, 6.45) is 0. The van der Waals surface area contributed by atoms with Gasteiger partial charge in [-0.25, -0.2) is 5.10 Å². The lowest BCUT2D eigenvalue weighted by Gasteiger charge is -2.23. The molecule has 2 N–H and O–H groups in total. The first-order valence-corrected chi connectivity index (χ1v) is 10.2. The SMILES string of the molecule is C=C(N[C@@H](C)c1cc2cccc(Cl)c2c(=O)n1-c1ccccc1)c1cc(C)n[nH]c1=O. The summed E-state index contributed by atoms with van der Waals surface area (Å²) in [5.74, 6) is 0. The number of pyridine rings is 1. The van der Waals surface area contributed by atoms with E-state index in [1.54, 1.807) is 23.6 Å². The second kappa shape index (κ2) is 8.24. The highest BCUT2D eigenvalue weighted by atomic mass is 35.5. The molecule has 0 fully saturated rings. The number of aromatic nitrogens is 3. The van der Waals surface area contributed by atoms with Gasteiger partial charge in [0.2, 0.25) is 0 Å². The van der Waals surface area contributed by atoms with Gasteiger partial charge in [0, 0.05) is 17.1 Å². The van der Waals surface area contributed by atoms with Gasteiger partial charge < -0.3 is 5.32 Å². The molecular formula is C24H21ClN4O2. The number of aryl methyl sites for hydroxylation is 1. The van der Waals surface area contributed by atoms with Gasteiger partial charge in [-0.2, -0.15) is 5.10 Å². The molecule has 2 aromatic carbocycles. The van der Waals surface area contributed by atoms with Crippen molar-refractivity contribution in [2.75, 3.05) is 0 Å². The molecular weight excluding hydrogens is 412 g/mol. The first-order chi connectivity index (χ1) is 14.9. The maximum Gasteiger partial charge on any atom is 0.273 e. The Morgan fingerprint density at radius 1 is 1.13 bits per heavy atom. The Kier molecular flexibility index (Phi) is 5.48. The molecule has 156 valence electrons. The van der Waals surface area contributed by atoms with E-state index in [1.807, 2.05) is 55.5 Å². The van der Waals surface area contributed by atoms with Gasteiger partial charge in [0.15, 0.2) is 0 Å². The highest BCUT2D eigenvalue weighted by Crippen LogP contribution is 2.26. The average Bonchev–Trinajstić information content (AvgIpc) is 2.75. The Bertz CT molecular complexity index is 1410. The van der Waals surface area contributed by atoms with Crippen LogP contribution < -0.4 is 16.4 Å². The molecule has 0 saturated carbocycles. The second-order valence-corrected chi connectivity index (χ2v) is 7.75. The monoisotopic (exact) mass is 432 g/mol. The van der Waals surface area contributed by atoms with Crippen LogP contribution in [0.2, 0.25) is 5.02 Å². The van der Waals surface area contributed by atoms with E-state index >= 15 is 0 Å². The molecule has 0 aliphatic carbocycles. The summed E-state index contributed by atoms with van der Waals surface area (Å²) < 4.78 is 1.64. The molecule has 0 radical (unpaired) electrons. The molecule has 0 unspecified atom stereocenters. The van der Waals surface area contributed by atoms with Crippen molar-refractivity contribution in [3.8, 4) is 5.69 Å². The third-order valence-corrected chi connectivity index (χ3v) is 5.44. The Morgan fingerprint density at radius 3 is 2.61 bits per heavy atom. The molecule has 0 bridgehead atoms. The first-order valence-electron chi connectivity index (χ1n) is 9.78. The van der Waals surface area contributed by atoms with Gasteiger partial charge in [0.05, 0.1) is 27.7 Å². The van der Waals surface area contributed by atoms with Crippen LogP contribution >= 0.6 is 11.6 Å². The lowest BCUT2D eigenvalue weighted by Crippen LogP contribution is -2.29. The first kappa shape index (κ1) is 20.6. The van der Waals surface area contributed by atoms with Crippen LogP contribution in [0.15, 0.2) is 76.8 Å². The van der Waals surface area contributed by atoms with E-state index in [9.17, 15) is 9.59 Å². The number of H-pyrrole nitrogens is 1. The smallest absolute Gasteiger partial charge is 0.273 e. The Hall–Kier alpha value is -3.64. The zero-order valence-electron chi connectivity index (χ0n) is 17.1. The Morgan fingerprint density at radius 2 is 1.87 bits per heavy atom. The van der Waals surface area contributed by atoms with Crippen molar-refractivity contribution in [3.63, 3.8) is 0 Å². The van der Waals surface area contributed by atoms with Crippen LogP contribution in [0.3, 0.4) is 0 Å². The molecule has 0 spiro atoms. The predicted octanol–water partition coefficient (Wildman–Crippen LogP) is 4.36. The molecule has 0 aliphatic rings. The van der Waals surface area contributed by atoms with Crippen LogP contribution in [0.25, 0.3) is 22.2 Å². The molecule has 0 aliphatic heterocycles. The highest BCUT2D eigenvalue weighted by Gasteiger charge is 2.19. The normalized spacial score (nSPS) is 12.0. The van der Waals surface area contributed by atoms with Gasteiger partial charge in [-0.05, 0) is 49.6 Å². The quantitative estimate of drug-likeness (QED) is 0.491. The maximum atomic E-state index is 13.5. The van der Waals surface area contributed by atoms with E-state index in [1.165, 1.54) is 0 Å². The lowest BCUT2D eigenvalue weighted by atomic mass is 10.1. The van der Waals surface area contributed by atoms with Crippen LogP contribution in [0.5, 0.6) is 0 Å². The van der Waals surface area contributed by atoms with Gasteiger partial charge >= 0.3 is 0 Å². The zero-order valence-corrected chi connectivity index (χ0v) is 17.9. The molecule has 2 heterocycles. The van der Waals surface area contributed by atoms with E-state index in [0.717, 1.165) is 11.1 Å². The molecule has 6 nitrogen and oxygen atoms in total. The largest absolute Gasteiger partial charge is 0.377 e. The number of nitrogens with zero attached hydrogens (tertiary/aromatic N) is 2. The number of aromatic amines is 1. The predicted molar refractivity (Wildman–Crippen MR) is 125 cm³/mol. The Balaban J connectivity index is 1.86. The van der Waals surface area contributed by atoms with Crippen LogP contribution in [0.4, 0.5) is 0 Å². The number of halogens is 1. The second-order valence-electron chi connectivity index (χ2n) is 7.35. The molecule has 4 rings (SSSR count). The van der Waals surface area contributed by atoms with E-state index in [4.69, 9.17) is 11.6 Å². The summed E-state index contributed by atoms with van der Waals surface area (Å²) in [7, 11) is 0. The molecule has 4 aromatic rings. The van der Waals surface area contributed by atoms with Gasteiger partial charge in [-0.3, -0.25) is 14.2 Å². The maximum absolute atomic E-state index is 13.5. The topological polar surface area (TPSA) is 79.8 Å². The minimum atomic E-state index is -0.336.